The van der Waals surface area contributed by atoms with Crippen molar-refractivity contribution < 1.29 is 4.52 Å². The van der Waals surface area contributed by atoms with Crippen LogP contribution in [0.3, 0.4) is 0 Å². The van der Waals surface area contributed by atoms with Crippen molar-refractivity contribution in [3.63, 3.8) is 0 Å². The lowest BCUT2D eigenvalue weighted by atomic mass is 10.4. The second kappa shape index (κ2) is 3.73. The molecule has 0 unspecified atom stereocenters. The summed E-state index contributed by atoms with van der Waals surface area (Å²) in [6.45, 7) is 0. The number of hydrogen-bond acceptors (Lipinski definition) is 5. The van der Waals surface area contributed by atoms with Gasteiger partial charge in [-0.1, -0.05) is 22.8 Å². The van der Waals surface area contributed by atoms with Crippen molar-refractivity contribution in [3.8, 4) is 22.3 Å². The zero-order chi connectivity index (χ0) is 11.0. The lowest BCUT2D eigenvalue weighted by Gasteiger charge is -1.86. The van der Waals surface area contributed by atoms with E-state index in [4.69, 9.17) is 16.1 Å². The maximum absolute atomic E-state index is 5.89. The summed E-state index contributed by atoms with van der Waals surface area (Å²) in [5, 5.41) is 12.8. The molecule has 0 aliphatic carbocycles. The molecule has 80 valence electrons. The minimum atomic E-state index is 0.339. The van der Waals surface area contributed by atoms with Crippen molar-refractivity contribution in [1.82, 2.24) is 20.3 Å². The van der Waals surface area contributed by atoms with Crippen LogP contribution in [0.1, 0.15) is 0 Å². The van der Waals surface area contributed by atoms with E-state index < -0.39 is 0 Å². The Morgan fingerprint density at radius 3 is 3.06 bits per heavy atom. The van der Waals surface area contributed by atoms with E-state index in [-0.39, 0.29) is 0 Å². The molecule has 0 radical (unpaired) electrons. The largest absolute Gasteiger partial charge is 0.332 e. The summed E-state index contributed by atoms with van der Waals surface area (Å²) in [6, 6.07) is 3.85. The van der Waals surface area contributed by atoms with E-state index >= 15 is 0 Å². The van der Waals surface area contributed by atoms with Crippen LogP contribution in [0.2, 0.25) is 5.02 Å². The van der Waals surface area contributed by atoms with Crippen LogP contribution in [0.25, 0.3) is 22.3 Å². The fraction of sp³-hybridized carbons (Fsp3) is 0. The van der Waals surface area contributed by atoms with Gasteiger partial charge in [-0.2, -0.15) is 10.1 Å². The second-order valence-electron chi connectivity index (χ2n) is 2.99. The van der Waals surface area contributed by atoms with Crippen molar-refractivity contribution in [1.29, 1.82) is 0 Å². The molecule has 0 aromatic carbocycles. The van der Waals surface area contributed by atoms with E-state index in [0.717, 1.165) is 4.88 Å². The Morgan fingerprint density at radius 1 is 1.44 bits per heavy atom. The van der Waals surface area contributed by atoms with Gasteiger partial charge in [0, 0.05) is 0 Å². The first kappa shape index (κ1) is 9.56. The molecule has 0 saturated heterocycles. The summed E-state index contributed by atoms with van der Waals surface area (Å²) in [5.74, 6) is 0.890. The molecule has 5 nitrogen and oxygen atoms in total. The van der Waals surface area contributed by atoms with Crippen LogP contribution in [0, 0.1) is 0 Å². The van der Waals surface area contributed by atoms with Gasteiger partial charge in [0.05, 0.1) is 16.1 Å². The summed E-state index contributed by atoms with van der Waals surface area (Å²) in [4.78, 5) is 5.18. The standard InChI is InChI=1S/C9H5ClN4OS/c10-5-4-11-13-7(5)9-12-8(14-15-9)6-2-1-3-16-6/h1-4H,(H,11,13). The van der Waals surface area contributed by atoms with Gasteiger partial charge in [-0.3, -0.25) is 5.10 Å². The highest BCUT2D eigenvalue weighted by atomic mass is 35.5. The average molecular weight is 253 g/mol. The number of nitrogens with one attached hydrogen (secondary N) is 1. The molecule has 0 spiro atoms. The molecule has 7 heteroatoms. The fourth-order valence-electron chi connectivity index (χ4n) is 1.25. The SMILES string of the molecule is Clc1cn[nH]c1-c1nc(-c2cccs2)no1. The maximum Gasteiger partial charge on any atom is 0.277 e. The minimum absolute atomic E-state index is 0.339. The molecular formula is C9H5ClN4OS. The predicted octanol–water partition coefficient (Wildman–Crippen LogP) is 2.84. The first-order chi connectivity index (χ1) is 7.84. The van der Waals surface area contributed by atoms with Gasteiger partial charge in [-0.15, -0.1) is 11.3 Å². The van der Waals surface area contributed by atoms with Crippen LogP contribution >= 0.6 is 22.9 Å². The Balaban J connectivity index is 2.03. The number of aromatic amines is 1. The van der Waals surface area contributed by atoms with E-state index in [1.54, 1.807) is 11.3 Å². The zero-order valence-corrected chi connectivity index (χ0v) is 9.42. The number of rotatable bonds is 2. The highest BCUT2D eigenvalue weighted by molar-refractivity contribution is 7.13. The number of hydrogen-bond donors (Lipinski definition) is 1. The molecule has 3 heterocycles. The Bertz CT molecular complexity index is 601. The van der Waals surface area contributed by atoms with Gasteiger partial charge in [-0.25, -0.2) is 0 Å². The normalized spacial score (nSPS) is 10.8. The topological polar surface area (TPSA) is 67.6 Å². The second-order valence-corrected chi connectivity index (χ2v) is 4.35. The molecule has 0 saturated carbocycles. The molecule has 0 fully saturated rings. The molecule has 3 aromatic heterocycles. The van der Waals surface area contributed by atoms with Gasteiger partial charge in [0.15, 0.2) is 0 Å². The molecule has 16 heavy (non-hydrogen) atoms. The maximum atomic E-state index is 5.89. The summed E-state index contributed by atoms with van der Waals surface area (Å²) < 4.78 is 5.10. The van der Waals surface area contributed by atoms with E-state index in [9.17, 15) is 0 Å². The molecular weight excluding hydrogens is 248 g/mol. The Morgan fingerprint density at radius 2 is 2.38 bits per heavy atom. The van der Waals surface area contributed by atoms with E-state index in [2.05, 4.69) is 20.3 Å². The smallest absolute Gasteiger partial charge is 0.277 e. The van der Waals surface area contributed by atoms with Gasteiger partial charge >= 0.3 is 0 Å². The molecule has 0 aliphatic heterocycles. The lowest BCUT2D eigenvalue weighted by Crippen LogP contribution is -1.79. The lowest BCUT2D eigenvalue weighted by molar-refractivity contribution is 0.431. The molecule has 3 rings (SSSR count). The van der Waals surface area contributed by atoms with Crippen molar-refractivity contribution >= 4 is 22.9 Å². The third-order valence-corrected chi connectivity index (χ3v) is 3.13. The number of nitrogens with zero attached hydrogens (tertiary/aromatic N) is 3. The first-order valence-corrected chi connectivity index (χ1v) is 5.67. The van der Waals surface area contributed by atoms with Crippen molar-refractivity contribution in [2.75, 3.05) is 0 Å². The monoisotopic (exact) mass is 252 g/mol. The van der Waals surface area contributed by atoms with E-state index in [0.29, 0.717) is 22.4 Å². The third kappa shape index (κ3) is 1.52. The fourth-order valence-corrected chi connectivity index (χ4v) is 2.07. The van der Waals surface area contributed by atoms with Crippen LogP contribution in [0.4, 0.5) is 0 Å². The predicted molar refractivity (Wildman–Crippen MR) is 60.2 cm³/mol. The van der Waals surface area contributed by atoms with Crippen LogP contribution < -0.4 is 0 Å². The summed E-state index contributed by atoms with van der Waals surface area (Å²) in [5.41, 5.74) is 0.539. The Kier molecular flexibility index (Phi) is 2.23. The Labute approximate surface area is 99.1 Å². The molecule has 0 bridgehead atoms. The van der Waals surface area contributed by atoms with E-state index in [1.165, 1.54) is 6.20 Å². The zero-order valence-electron chi connectivity index (χ0n) is 7.85. The molecule has 0 atom stereocenters. The summed E-state index contributed by atoms with van der Waals surface area (Å²) in [6.07, 6.45) is 1.49. The van der Waals surface area contributed by atoms with Gasteiger partial charge in [-0.05, 0) is 11.4 Å². The number of halogens is 1. The number of H-pyrrole nitrogens is 1. The quantitative estimate of drug-likeness (QED) is 0.762. The minimum Gasteiger partial charge on any atom is -0.332 e. The van der Waals surface area contributed by atoms with Crippen molar-refractivity contribution in [2.24, 2.45) is 0 Å². The molecule has 0 aliphatic rings. The highest BCUT2D eigenvalue weighted by Crippen LogP contribution is 2.27. The van der Waals surface area contributed by atoms with Crippen LogP contribution in [-0.4, -0.2) is 20.3 Å². The molecule has 3 aromatic rings. The summed E-state index contributed by atoms with van der Waals surface area (Å²) in [7, 11) is 0. The first-order valence-electron chi connectivity index (χ1n) is 4.41. The van der Waals surface area contributed by atoms with E-state index in [1.807, 2.05) is 17.5 Å². The average Bonchev–Trinajstić information content (AvgIpc) is 2.96. The number of thiophene rings is 1. The van der Waals surface area contributed by atoms with Crippen LogP contribution in [0.15, 0.2) is 28.2 Å². The highest BCUT2D eigenvalue weighted by Gasteiger charge is 2.15. The van der Waals surface area contributed by atoms with Gasteiger partial charge in [0.2, 0.25) is 5.82 Å². The van der Waals surface area contributed by atoms with Crippen molar-refractivity contribution in [2.45, 2.75) is 0 Å². The van der Waals surface area contributed by atoms with Crippen molar-refractivity contribution in [3.05, 3.63) is 28.7 Å². The molecule has 0 amide bonds. The van der Waals surface area contributed by atoms with Crippen LogP contribution in [-0.2, 0) is 0 Å². The van der Waals surface area contributed by atoms with Gasteiger partial charge in [0.25, 0.3) is 5.89 Å². The number of aromatic nitrogens is 4. The van der Waals surface area contributed by atoms with Gasteiger partial charge < -0.3 is 4.52 Å². The molecule has 1 N–H and O–H groups in total. The van der Waals surface area contributed by atoms with Gasteiger partial charge in [0.1, 0.15) is 5.69 Å². The Hall–Kier alpha value is -1.66. The van der Waals surface area contributed by atoms with Crippen LogP contribution in [0.5, 0.6) is 0 Å². The third-order valence-electron chi connectivity index (χ3n) is 1.97. The summed E-state index contributed by atoms with van der Waals surface area (Å²) >= 11 is 7.44.